The third kappa shape index (κ3) is 7.57. The standard InChI is InChI=1S/C29H34FN3O5S/c1-4-27(29(35)31-5-2)32(20-22-12-14-23(30)15-13-22)28(34)21-33(24-16-18-25(19-17-24)38-6-3)39(36,37)26-10-8-7-9-11-26/h7-19,27H,4-6,20-21H2,1-3H3,(H,31,35). The molecule has 1 unspecified atom stereocenters. The van der Waals surface area contributed by atoms with Crippen molar-refractivity contribution in [1.29, 1.82) is 0 Å². The fourth-order valence-electron chi connectivity index (χ4n) is 4.12. The molecule has 0 aliphatic heterocycles. The number of nitrogens with zero attached hydrogens (tertiary/aromatic N) is 2. The van der Waals surface area contributed by atoms with Crippen molar-refractivity contribution in [3.63, 3.8) is 0 Å². The molecule has 0 aliphatic rings. The Hall–Kier alpha value is -3.92. The van der Waals surface area contributed by atoms with E-state index in [0.717, 1.165) is 4.31 Å². The zero-order valence-electron chi connectivity index (χ0n) is 22.3. The number of benzene rings is 3. The Kier molecular flexibility index (Phi) is 10.4. The van der Waals surface area contributed by atoms with E-state index in [9.17, 15) is 22.4 Å². The summed E-state index contributed by atoms with van der Waals surface area (Å²) >= 11 is 0. The van der Waals surface area contributed by atoms with Crippen molar-refractivity contribution < 1.29 is 27.1 Å². The lowest BCUT2D eigenvalue weighted by atomic mass is 10.1. The Bertz CT molecular complexity index is 1330. The Morgan fingerprint density at radius 2 is 1.56 bits per heavy atom. The maximum atomic E-state index is 13.9. The van der Waals surface area contributed by atoms with E-state index in [-0.39, 0.29) is 23.0 Å². The number of hydrogen-bond acceptors (Lipinski definition) is 5. The van der Waals surface area contributed by atoms with E-state index in [2.05, 4.69) is 5.32 Å². The molecule has 3 aromatic carbocycles. The van der Waals surface area contributed by atoms with Crippen molar-refractivity contribution in [2.45, 2.75) is 44.7 Å². The summed E-state index contributed by atoms with van der Waals surface area (Å²) in [6.07, 6.45) is 0.299. The number of hydrogen-bond donors (Lipinski definition) is 1. The molecule has 8 nitrogen and oxygen atoms in total. The average molecular weight is 556 g/mol. The molecule has 10 heteroatoms. The fraction of sp³-hybridized carbons (Fsp3) is 0.310. The van der Waals surface area contributed by atoms with E-state index in [4.69, 9.17) is 4.74 Å². The van der Waals surface area contributed by atoms with Gasteiger partial charge >= 0.3 is 0 Å². The summed E-state index contributed by atoms with van der Waals surface area (Å²) in [5, 5.41) is 2.75. The summed E-state index contributed by atoms with van der Waals surface area (Å²) in [7, 11) is -4.15. The highest BCUT2D eigenvalue weighted by Gasteiger charge is 2.33. The summed E-state index contributed by atoms with van der Waals surface area (Å²) in [5.41, 5.74) is 0.870. The molecule has 0 spiro atoms. The second-order valence-corrected chi connectivity index (χ2v) is 10.6. The molecule has 0 aliphatic carbocycles. The van der Waals surface area contributed by atoms with Crippen molar-refractivity contribution in [2.75, 3.05) is 24.0 Å². The van der Waals surface area contributed by atoms with Crippen LogP contribution < -0.4 is 14.4 Å². The van der Waals surface area contributed by atoms with Crippen LogP contribution in [-0.4, -0.2) is 50.9 Å². The van der Waals surface area contributed by atoms with Gasteiger partial charge in [-0.05, 0) is 74.4 Å². The summed E-state index contributed by atoms with van der Waals surface area (Å²) in [4.78, 5) is 28.2. The lowest BCUT2D eigenvalue weighted by molar-refractivity contribution is -0.140. The van der Waals surface area contributed by atoms with Crippen LogP contribution >= 0.6 is 0 Å². The largest absolute Gasteiger partial charge is 0.494 e. The maximum absolute atomic E-state index is 13.9. The number of anilines is 1. The van der Waals surface area contributed by atoms with Crippen LogP contribution in [0.4, 0.5) is 10.1 Å². The first-order valence-corrected chi connectivity index (χ1v) is 14.3. The van der Waals surface area contributed by atoms with Crippen molar-refractivity contribution in [3.8, 4) is 5.75 Å². The van der Waals surface area contributed by atoms with Crippen LogP contribution in [0.15, 0.2) is 83.8 Å². The first-order valence-electron chi connectivity index (χ1n) is 12.8. The molecular formula is C29H34FN3O5S. The zero-order valence-corrected chi connectivity index (χ0v) is 23.2. The molecule has 0 bridgehead atoms. The molecule has 3 rings (SSSR count). The van der Waals surface area contributed by atoms with E-state index in [1.54, 1.807) is 56.3 Å². The number of carbonyl (C=O) groups is 2. The van der Waals surface area contributed by atoms with Gasteiger partial charge in [-0.2, -0.15) is 0 Å². The minimum Gasteiger partial charge on any atom is -0.494 e. The van der Waals surface area contributed by atoms with Gasteiger partial charge < -0.3 is 15.0 Å². The molecule has 208 valence electrons. The van der Waals surface area contributed by atoms with Crippen molar-refractivity contribution in [2.24, 2.45) is 0 Å². The Morgan fingerprint density at radius 3 is 2.13 bits per heavy atom. The molecule has 0 fully saturated rings. The number of nitrogens with one attached hydrogen (secondary N) is 1. The number of sulfonamides is 1. The summed E-state index contributed by atoms with van der Waals surface area (Å²) in [6.45, 7) is 5.65. The molecule has 0 saturated heterocycles. The van der Waals surface area contributed by atoms with Crippen molar-refractivity contribution in [1.82, 2.24) is 10.2 Å². The smallest absolute Gasteiger partial charge is 0.264 e. The van der Waals surface area contributed by atoms with Gasteiger partial charge in [0, 0.05) is 13.1 Å². The molecule has 1 atom stereocenters. The topological polar surface area (TPSA) is 96.0 Å². The van der Waals surface area contributed by atoms with Gasteiger partial charge in [0.05, 0.1) is 17.2 Å². The highest BCUT2D eigenvalue weighted by Crippen LogP contribution is 2.27. The lowest BCUT2D eigenvalue weighted by Crippen LogP contribution is -2.52. The Morgan fingerprint density at radius 1 is 0.923 bits per heavy atom. The predicted octanol–water partition coefficient (Wildman–Crippen LogP) is 4.36. The molecule has 0 radical (unpaired) electrons. The quantitative estimate of drug-likeness (QED) is 0.338. The second kappa shape index (κ2) is 13.7. The van der Waals surface area contributed by atoms with E-state index in [1.165, 1.54) is 41.3 Å². The van der Waals surface area contributed by atoms with E-state index < -0.39 is 34.3 Å². The Labute approximate surface area is 229 Å². The van der Waals surface area contributed by atoms with Gasteiger partial charge in [0.1, 0.15) is 24.2 Å². The van der Waals surface area contributed by atoms with Gasteiger partial charge in [0.25, 0.3) is 10.0 Å². The van der Waals surface area contributed by atoms with E-state index in [0.29, 0.717) is 30.9 Å². The molecule has 0 aromatic heterocycles. The first-order chi connectivity index (χ1) is 18.7. The molecular weight excluding hydrogens is 521 g/mol. The average Bonchev–Trinajstić information content (AvgIpc) is 2.94. The van der Waals surface area contributed by atoms with Gasteiger partial charge in [0.2, 0.25) is 11.8 Å². The van der Waals surface area contributed by atoms with Crippen LogP contribution in [0.25, 0.3) is 0 Å². The molecule has 1 N–H and O–H groups in total. The molecule has 2 amide bonds. The maximum Gasteiger partial charge on any atom is 0.264 e. The molecule has 0 saturated carbocycles. The van der Waals surface area contributed by atoms with Crippen LogP contribution in [0.2, 0.25) is 0 Å². The predicted molar refractivity (Wildman–Crippen MR) is 148 cm³/mol. The van der Waals surface area contributed by atoms with Crippen LogP contribution in [0.3, 0.4) is 0 Å². The minimum absolute atomic E-state index is 0.00272. The highest BCUT2D eigenvalue weighted by atomic mass is 32.2. The molecule has 3 aromatic rings. The molecule has 39 heavy (non-hydrogen) atoms. The number of likely N-dealkylation sites (N-methyl/N-ethyl adjacent to an activating group) is 1. The van der Waals surface area contributed by atoms with Gasteiger partial charge in [-0.3, -0.25) is 13.9 Å². The summed E-state index contributed by atoms with van der Waals surface area (Å²) in [6, 6.07) is 19.0. The van der Waals surface area contributed by atoms with Gasteiger partial charge in [-0.25, -0.2) is 12.8 Å². The normalized spacial score (nSPS) is 11.9. The van der Waals surface area contributed by atoms with Crippen molar-refractivity contribution >= 4 is 27.5 Å². The minimum atomic E-state index is -4.15. The van der Waals surface area contributed by atoms with E-state index >= 15 is 0 Å². The third-order valence-electron chi connectivity index (χ3n) is 6.05. The summed E-state index contributed by atoms with van der Waals surface area (Å²) in [5.74, 6) is -0.798. The van der Waals surface area contributed by atoms with Gasteiger partial charge in [0.15, 0.2) is 0 Å². The fourth-order valence-corrected chi connectivity index (χ4v) is 5.56. The number of carbonyl (C=O) groups excluding carboxylic acids is 2. The first kappa shape index (κ1) is 29.6. The zero-order chi connectivity index (χ0) is 28.4. The SMILES string of the molecule is CCNC(=O)C(CC)N(Cc1ccc(F)cc1)C(=O)CN(c1ccc(OCC)cc1)S(=O)(=O)c1ccccc1. The Balaban J connectivity index is 2.04. The van der Waals surface area contributed by atoms with E-state index in [1.807, 2.05) is 6.92 Å². The van der Waals surface area contributed by atoms with Crippen LogP contribution in [0.5, 0.6) is 5.75 Å². The van der Waals surface area contributed by atoms with Crippen molar-refractivity contribution in [3.05, 3.63) is 90.2 Å². The number of rotatable bonds is 13. The van der Waals surface area contributed by atoms with Crippen LogP contribution in [0, 0.1) is 5.82 Å². The number of amides is 2. The number of ether oxygens (including phenoxy) is 1. The van der Waals surface area contributed by atoms with Crippen LogP contribution in [-0.2, 0) is 26.2 Å². The second-order valence-electron chi connectivity index (χ2n) is 8.72. The van der Waals surface area contributed by atoms with Gasteiger partial charge in [-0.15, -0.1) is 0 Å². The monoisotopic (exact) mass is 555 g/mol. The lowest BCUT2D eigenvalue weighted by Gasteiger charge is -2.33. The van der Waals surface area contributed by atoms with Gasteiger partial charge in [-0.1, -0.05) is 37.3 Å². The summed E-state index contributed by atoms with van der Waals surface area (Å²) < 4.78 is 47.6. The third-order valence-corrected chi connectivity index (χ3v) is 7.84. The highest BCUT2D eigenvalue weighted by molar-refractivity contribution is 7.92. The molecule has 0 heterocycles. The van der Waals surface area contributed by atoms with Crippen LogP contribution in [0.1, 0.15) is 32.8 Å². The number of halogens is 1.